The number of hydrogen-bond acceptors (Lipinski definition) is 6. The zero-order chi connectivity index (χ0) is 20.3. The van der Waals surface area contributed by atoms with E-state index < -0.39 is 0 Å². The average molecular weight is 398 g/mol. The van der Waals surface area contributed by atoms with Crippen LogP contribution in [0.4, 0.5) is 0 Å². The van der Waals surface area contributed by atoms with Crippen molar-refractivity contribution in [3.05, 3.63) is 0 Å². The number of isocyanates is 3. The Kier molecular flexibility index (Phi) is 5.97. The molecule has 156 valence electrons. The van der Waals surface area contributed by atoms with E-state index in [9.17, 15) is 14.4 Å². The van der Waals surface area contributed by atoms with E-state index in [4.69, 9.17) is 0 Å². The van der Waals surface area contributed by atoms with E-state index in [-0.39, 0.29) is 22.9 Å². The van der Waals surface area contributed by atoms with Crippen LogP contribution in [0.1, 0.15) is 77.0 Å². The van der Waals surface area contributed by atoms with Gasteiger partial charge in [0.2, 0.25) is 18.2 Å². The molecule has 29 heavy (non-hydrogen) atoms. The fourth-order valence-electron chi connectivity index (χ4n) is 8.37. The molecule has 4 rings (SSSR count). The summed E-state index contributed by atoms with van der Waals surface area (Å²) in [5.41, 5.74) is 0.338. The number of rotatable bonds is 6. The number of carbonyl (C=O) groups excluding carboxylic acids is 3. The Morgan fingerprint density at radius 2 is 1.07 bits per heavy atom. The van der Waals surface area contributed by atoms with Crippen molar-refractivity contribution in [2.45, 2.75) is 89.1 Å². The fraction of sp³-hybridized carbons (Fsp3) is 0.870. The number of fused-ring (bicyclic) bond motifs is 2. The molecule has 4 aliphatic carbocycles. The monoisotopic (exact) mass is 397 g/mol. The van der Waals surface area contributed by atoms with Gasteiger partial charge in [-0.2, -0.15) is 0 Å². The van der Waals surface area contributed by atoms with E-state index in [0.29, 0.717) is 24.3 Å². The van der Waals surface area contributed by atoms with Crippen LogP contribution >= 0.6 is 0 Å². The van der Waals surface area contributed by atoms with Crippen molar-refractivity contribution in [2.75, 3.05) is 6.54 Å². The van der Waals surface area contributed by atoms with Gasteiger partial charge in [0, 0.05) is 0 Å². The highest BCUT2D eigenvalue weighted by atomic mass is 16.1. The summed E-state index contributed by atoms with van der Waals surface area (Å²) in [6.45, 7) is 0.617. The maximum Gasteiger partial charge on any atom is 0.235 e. The summed E-state index contributed by atoms with van der Waals surface area (Å²) in [6.07, 6.45) is 18.4. The first-order chi connectivity index (χ1) is 14.2. The van der Waals surface area contributed by atoms with Gasteiger partial charge in [-0.15, -0.1) is 0 Å². The Morgan fingerprint density at radius 3 is 1.48 bits per heavy atom. The summed E-state index contributed by atoms with van der Waals surface area (Å²) < 4.78 is 0. The van der Waals surface area contributed by atoms with E-state index in [1.54, 1.807) is 12.2 Å². The van der Waals surface area contributed by atoms with Gasteiger partial charge >= 0.3 is 0 Å². The van der Waals surface area contributed by atoms with Crippen molar-refractivity contribution in [1.29, 1.82) is 0 Å². The second kappa shape index (κ2) is 8.48. The quantitative estimate of drug-likeness (QED) is 0.495. The van der Waals surface area contributed by atoms with Gasteiger partial charge < -0.3 is 0 Å². The number of nitrogens with zero attached hydrogens (tertiary/aromatic N) is 3. The topological polar surface area (TPSA) is 88.3 Å². The van der Waals surface area contributed by atoms with Crippen LogP contribution < -0.4 is 0 Å². The molecule has 4 saturated carbocycles. The molecule has 0 aromatic rings. The lowest BCUT2D eigenvalue weighted by atomic mass is 9.49. The smallest absolute Gasteiger partial charge is 0.211 e. The zero-order valence-electron chi connectivity index (χ0n) is 17.1. The van der Waals surface area contributed by atoms with Gasteiger partial charge in [-0.3, -0.25) is 0 Å². The van der Waals surface area contributed by atoms with Crippen molar-refractivity contribution in [3.8, 4) is 0 Å². The summed E-state index contributed by atoms with van der Waals surface area (Å²) in [7, 11) is 0. The Labute approximate surface area is 172 Å². The van der Waals surface area contributed by atoms with Gasteiger partial charge in [-0.05, 0) is 106 Å². The van der Waals surface area contributed by atoms with Crippen LogP contribution in [0.3, 0.4) is 0 Å². The first-order valence-electron chi connectivity index (χ1n) is 11.4. The highest BCUT2D eigenvalue weighted by Crippen LogP contribution is 2.75. The van der Waals surface area contributed by atoms with E-state index in [1.807, 2.05) is 6.08 Å². The van der Waals surface area contributed by atoms with Crippen LogP contribution in [0.5, 0.6) is 0 Å². The minimum absolute atomic E-state index is 0.117. The average Bonchev–Trinajstić information content (AvgIpc) is 3.25. The molecule has 4 aliphatic rings. The molecule has 0 amide bonds. The van der Waals surface area contributed by atoms with Gasteiger partial charge in [0.15, 0.2) is 0 Å². The molecule has 6 heteroatoms. The highest BCUT2D eigenvalue weighted by molar-refractivity contribution is 5.34. The third-order valence-electron chi connectivity index (χ3n) is 9.20. The molecule has 4 fully saturated rings. The molecule has 0 aromatic heterocycles. The first kappa shape index (κ1) is 20.4. The van der Waals surface area contributed by atoms with Crippen molar-refractivity contribution >= 4 is 18.2 Å². The SMILES string of the molecule is O=C=NCC12CCC(CC1)C2(C1CCC(N=C=O)CC1)C1CCC(N=C=O)CC1. The standard InChI is InChI=1S/C23H31N3O3/c27-14-24-13-22-11-9-19(10-12-22)23(22,17-1-5-20(6-2-17)25-15-28)18-3-7-21(8-4-18)26-16-29/h17-21H,1-13H2. The minimum Gasteiger partial charge on any atom is -0.211 e. The second-order valence-electron chi connectivity index (χ2n) is 9.85. The number of hydrogen-bond donors (Lipinski definition) is 0. The molecule has 0 aromatic carbocycles. The largest absolute Gasteiger partial charge is 0.235 e. The molecule has 0 radical (unpaired) electrons. The Bertz CT molecular complexity index is 699. The molecular formula is C23H31N3O3. The Balaban J connectivity index is 1.66. The number of aliphatic imine (C=N–C) groups is 3. The Hall–Kier alpha value is -1.86. The molecule has 0 spiro atoms. The zero-order valence-corrected chi connectivity index (χ0v) is 17.1. The third-order valence-corrected chi connectivity index (χ3v) is 9.20. The fourth-order valence-corrected chi connectivity index (χ4v) is 8.37. The van der Waals surface area contributed by atoms with E-state index in [2.05, 4.69) is 15.0 Å². The van der Waals surface area contributed by atoms with Crippen LogP contribution in [0.2, 0.25) is 0 Å². The van der Waals surface area contributed by atoms with Crippen molar-refractivity contribution in [2.24, 2.45) is 43.6 Å². The summed E-state index contributed by atoms with van der Waals surface area (Å²) in [5, 5.41) is 0. The minimum atomic E-state index is 0.117. The van der Waals surface area contributed by atoms with Crippen LogP contribution in [0.15, 0.2) is 15.0 Å². The van der Waals surface area contributed by atoms with Crippen molar-refractivity contribution in [3.63, 3.8) is 0 Å². The van der Waals surface area contributed by atoms with Gasteiger partial charge in [0.25, 0.3) is 0 Å². The van der Waals surface area contributed by atoms with Gasteiger partial charge in [0.1, 0.15) is 0 Å². The summed E-state index contributed by atoms with van der Waals surface area (Å²) in [4.78, 5) is 44.6. The molecule has 0 heterocycles. The highest BCUT2D eigenvalue weighted by Gasteiger charge is 2.69. The molecular weight excluding hydrogens is 366 g/mol. The molecule has 0 unspecified atom stereocenters. The Morgan fingerprint density at radius 1 is 0.621 bits per heavy atom. The van der Waals surface area contributed by atoms with E-state index in [1.165, 1.54) is 25.7 Å². The van der Waals surface area contributed by atoms with Crippen molar-refractivity contribution < 1.29 is 14.4 Å². The summed E-state index contributed by atoms with van der Waals surface area (Å²) in [5.74, 6) is 1.92. The lowest BCUT2D eigenvalue weighted by Crippen LogP contribution is -2.52. The molecule has 0 aliphatic heterocycles. The predicted molar refractivity (Wildman–Crippen MR) is 108 cm³/mol. The van der Waals surface area contributed by atoms with Gasteiger partial charge in [-0.1, -0.05) is 0 Å². The van der Waals surface area contributed by atoms with E-state index >= 15 is 0 Å². The first-order valence-corrected chi connectivity index (χ1v) is 11.4. The lowest BCUT2D eigenvalue weighted by molar-refractivity contribution is -0.0716. The third kappa shape index (κ3) is 3.28. The molecule has 2 bridgehead atoms. The van der Waals surface area contributed by atoms with Gasteiger partial charge in [-0.25, -0.2) is 29.4 Å². The normalized spacial score (nSPS) is 43.7. The van der Waals surface area contributed by atoms with Crippen LogP contribution in [-0.2, 0) is 14.4 Å². The lowest BCUT2D eigenvalue weighted by Gasteiger charge is -2.56. The second-order valence-corrected chi connectivity index (χ2v) is 9.85. The molecule has 0 saturated heterocycles. The molecule has 6 nitrogen and oxygen atoms in total. The van der Waals surface area contributed by atoms with Crippen molar-refractivity contribution in [1.82, 2.24) is 0 Å². The van der Waals surface area contributed by atoms with Gasteiger partial charge in [0.05, 0.1) is 18.6 Å². The molecule has 0 atom stereocenters. The van der Waals surface area contributed by atoms with Crippen LogP contribution in [0.25, 0.3) is 0 Å². The maximum atomic E-state index is 11.0. The predicted octanol–water partition coefficient (Wildman–Crippen LogP) is 4.29. The molecule has 0 N–H and O–H groups in total. The van der Waals surface area contributed by atoms with Crippen LogP contribution in [-0.4, -0.2) is 36.9 Å². The van der Waals surface area contributed by atoms with Crippen LogP contribution in [0, 0.1) is 28.6 Å². The summed E-state index contributed by atoms with van der Waals surface area (Å²) in [6, 6.07) is 0.253. The summed E-state index contributed by atoms with van der Waals surface area (Å²) >= 11 is 0. The maximum absolute atomic E-state index is 11.0. The van der Waals surface area contributed by atoms with E-state index in [0.717, 1.165) is 51.4 Å².